The summed E-state index contributed by atoms with van der Waals surface area (Å²) in [6.07, 6.45) is 1.26. The van der Waals surface area contributed by atoms with Gasteiger partial charge in [0.05, 0.1) is 0 Å². The van der Waals surface area contributed by atoms with Crippen LogP contribution in [0.2, 0.25) is 0 Å². The van der Waals surface area contributed by atoms with Gasteiger partial charge < -0.3 is 21.3 Å². The van der Waals surface area contributed by atoms with E-state index < -0.39 is 5.91 Å². The van der Waals surface area contributed by atoms with Crippen LogP contribution in [0.3, 0.4) is 0 Å². The van der Waals surface area contributed by atoms with Gasteiger partial charge >= 0.3 is 0 Å². The molecule has 5 heteroatoms. The summed E-state index contributed by atoms with van der Waals surface area (Å²) in [5.41, 5.74) is 13.4. The minimum absolute atomic E-state index is 0.439. The second-order valence-corrected chi connectivity index (χ2v) is 5.89. The fraction of sp³-hybridized carbons (Fsp3) is 0.533. The van der Waals surface area contributed by atoms with Crippen molar-refractivity contribution in [1.82, 2.24) is 9.80 Å². The van der Waals surface area contributed by atoms with Crippen molar-refractivity contribution in [1.29, 1.82) is 0 Å². The second-order valence-electron chi connectivity index (χ2n) is 5.89. The highest BCUT2D eigenvalue weighted by Crippen LogP contribution is 2.19. The lowest BCUT2D eigenvalue weighted by Gasteiger charge is -2.21. The van der Waals surface area contributed by atoms with E-state index in [0.29, 0.717) is 11.3 Å². The number of primary amides is 1. The van der Waals surface area contributed by atoms with E-state index in [0.717, 1.165) is 24.6 Å². The summed E-state index contributed by atoms with van der Waals surface area (Å²) in [4.78, 5) is 15.8. The van der Waals surface area contributed by atoms with Gasteiger partial charge in [0.25, 0.3) is 0 Å². The average Bonchev–Trinajstić information content (AvgIpc) is 2.77. The molecule has 1 saturated heterocycles. The van der Waals surface area contributed by atoms with Gasteiger partial charge in [-0.05, 0) is 50.7 Å². The number of carbonyl (C=O) groups excluding carboxylic acids is 1. The molecule has 2 rings (SSSR count). The maximum Gasteiger partial charge on any atom is 0.248 e. The second kappa shape index (κ2) is 6.24. The van der Waals surface area contributed by atoms with Gasteiger partial charge in [0.1, 0.15) is 0 Å². The SMILES string of the molecule is CN1CCC(CN(C)Cc2ccc(C(N)=O)cc2N)C1. The maximum atomic E-state index is 11.1. The Balaban J connectivity index is 1.94. The van der Waals surface area contributed by atoms with Gasteiger partial charge in [-0.1, -0.05) is 6.07 Å². The molecule has 1 aromatic carbocycles. The molecule has 0 spiro atoms. The van der Waals surface area contributed by atoms with Crippen molar-refractivity contribution < 1.29 is 4.79 Å². The van der Waals surface area contributed by atoms with Crippen LogP contribution in [0, 0.1) is 5.92 Å². The number of benzene rings is 1. The third-order valence-corrected chi connectivity index (χ3v) is 3.93. The Morgan fingerprint density at radius 3 is 2.80 bits per heavy atom. The largest absolute Gasteiger partial charge is 0.398 e. The van der Waals surface area contributed by atoms with E-state index in [-0.39, 0.29) is 0 Å². The molecule has 1 aliphatic rings. The molecule has 0 aromatic heterocycles. The van der Waals surface area contributed by atoms with Gasteiger partial charge in [0.15, 0.2) is 0 Å². The molecule has 0 aliphatic carbocycles. The number of rotatable bonds is 5. The van der Waals surface area contributed by atoms with Gasteiger partial charge in [0.2, 0.25) is 5.91 Å². The van der Waals surface area contributed by atoms with E-state index in [4.69, 9.17) is 11.5 Å². The van der Waals surface area contributed by atoms with Crippen LogP contribution in [0.15, 0.2) is 18.2 Å². The molecule has 1 atom stereocenters. The van der Waals surface area contributed by atoms with E-state index in [1.54, 1.807) is 12.1 Å². The highest BCUT2D eigenvalue weighted by atomic mass is 16.1. The van der Waals surface area contributed by atoms with Crippen molar-refractivity contribution >= 4 is 11.6 Å². The van der Waals surface area contributed by atoms with Crippen molar-refractivity contribution in [2.45, 2.75) is 13.0 Å². The fourth-order valence-corrected chi connectivity index (χ4v) is 2.86. The number of nitrogens with two attached hydrogens (primary N) is 2. The van der Waals surface area contributed by atoms with Gasteiger partial charge in [-0.15, -0.1) is 0 Å². The van der Waals surface area contributed by atoms with E-state index >= 15 is 0 Å². The molecule has 110 valence electrons. The van der Waals surface area contributed by atoms with E-state index in [1.807, 2.05) is 6.07 Å². The van der Waals surface area contributed by atoms with Crippen molar-refractivity contribution in [3.05, 3.63) is 29.3 Å². The van der Waals surface area contributed by atoms with Crippen LogP contribution in [0.4, 0.5) is 5.69 Å². The summed E-state index contributed by atoms with van der Waals surface area (Å²) in [6.45, 7) is 4.22. The zero-order valence-corrected chi connectivity index (χ0v) is 12.3. The standard InChI is InChI=1S/C15H24N4O/c1-18-6-5-11(8-18)9-19(2)10-13-4-3-12(15(17)20)7-14(13)16/h3-4,7,11H,5-6,8-10,16H2,1-2H3,(H2,17,20). The summed E-state index contributed by atoms with van der Waals surface area (Å²) >= 11 is 0. The number of nitrogen functional groups attached to an aromatic ring is 1. The highest BCUT2D eigenvalue weighted by molar-refractivity contribution is 5.93. The Morgan fingerprint density at radius 1 is 1.50 bits per heavy atom. The number of likely N-dealkylation sites (tertiary alicyclic amines) is 1. The number of carbonyl (C=O) groups is 1. The van der Waals surface area contributed by atoms with Gasteiger partial charge in [-0.3, -0.25) is 4.79 Å². The topological polar surface area (TPSA) is 75.6 Å². The van der Waals surface area contributed by atoms with Crippen molar-refractivity contribution in [3.8, 4) is 0 Å². The summed E-state index contributed by atoms with van der Waals surface area (Å²) in [7, 11) is 4.28. The molecule has 4 N–H and O–H groups in total. The maximum absolute atomic E-state index is 11.1. The van der Waals surface area contributed by atoms with Crippen LogP contribution in [0.25, 0.3) is 0 Å². The summed E-state index contributed by atoms with van der Waals surface area (Å²) in [6, 6.07) is 5.30. The zero-order valence-electron chi connectivity index (χ0n) is 12.3. The Bertz CT molecular complexity index is 489. The predicted molar refractivity (Wildman–Crippen MR) is 81.3 cm³/mol. The first kappa shape index (κ1) is 14.8. The van der Waals surface area contributed by atoms with E-state index in [9.17, 15) is 4.79 Å². The molecule has 1 aliphatic heterocycles. The van der Waals surface area contributed by atoms with E-state index in [2.05, 4.69) is 23.9 Å². The Kier molecular flexibility index (Phi) is 4.62. The van der Waals surface area contributed by atoms with Crippen molar-refractivity contribution in [3.63, 3.8) is 0 Å². The summed E-state index contributed by atoms with van der Waals surface area (Å²) in [5.74, 6) is 0.293. The molecule has 1 aromatic rings. The molecule has 1 fully saturated rings. The number of amides is 1. The smallest absolute Gasteiger partial charge is 0.248 e. The molecule has 0 bridgehead atoms. The lowest BCUT2D eigenvalue weighted by Crippen LogP contribution is -2.27. The van der Waals surface area contributed by atoms with Crippen molar-refractivity contribution in [2.24, 2.45) is 11.7 Å². The molecular formula is C15H24N4O. The lowest BCUT2D eigenvalue weighted by atomic mass is 10.1. The monoisotopic (exact) mass is 276 g/mol. The first-order chi connectivity index (χ1) is 9.45. The van der Waals surface area contributed by atoms with Gasteiger partial charge in [0, 0.05) is 30.9 Å². The Morgan fingerprint density at radius 2 is 2.25 bits per heavy atom. The lowest BCUT2D eigenvalue weighted by molar-refractivity contribution is 0.100. The van der Waals surface area contributed by atoms with E-state index in [1.165, 1.54) is 19.5 Å². The third kappa shape index (κ3) is 3.71. The van der Waals surface area contributed by atoms with Crippen LogP contribution in [-0.4, -0.2) is 49.4 Å². The van der Waals surface area contributed by atoms with Gasteiger partial charge in [-0.25, -0.2) is 0 Å². The van der Waals surface area contributed by atoms with Crippen molar-refractivity contribution in [2.75, 3.05) is 39.5 Å². The van der Waals surface area contributed by atoms with Gasteiger partial charge in [-0.2, -0.15) is 0 Å². The van der Waals surface area contributed by atoms with Crippen LogP contribution in [0.5, 0.6) is 0 Å². The molecule has 1 heterocycles. The highest BCUT2D eigenvalue weighted by Gasteiger charge is 2.20. The molecule has 0 saturated carbocycles. The molecular weight excluding hydrogens is 252 g/mol. The average molecular weight is 276 g/mol. The quantitative estimate of drug-likeness (QED) is 0.778. The predicted octanol–water partition coefficient (Wildman–Crippen LogP) is 0.751. The summed E-state index contributed by atoms with van der Waals surface area (Å²) in [5, 5.41) is 0. The van der Waals surface area contributed by atoms with Crippen LogP contribution in [0.1, 0.15) is 22.3 Å². The minimum Gasteiger partial charge on any atom is -0.398 e. The molecule has 5 nitrogen and oxygen atoms in total. The number of hydrogen-bond donors (Lipinski definition) is 2. The normalized spacial score (nSPS) is 19.6. The summed E-state index contributed by atoms with van der Waals surface area (Å²) < 4.78 is 0. The number of nitrogens with zero attached hydrogens (tertiary/aromatic N) is 2. The molecule has 1 unspecified atom stereocenters. The molecule has 1 amide bonds. The minimum atomic E-state index is -0.439. The Labute approximate surface area is 120 Å². The fourth-order valence-electron chi connectivity index (χ4n) is 2.86. The first-order valence-electron chi connectivity index (χ1n) is 7.01. The van der Waals surface area contributed by atoms with Crippen LogP contribution < -0.4 is 11.5 Å². The number of anilines is 1. The Hall–Kier alpha value is -1.59. The number of hydrogen-bond acceptors (Lipinski definition) is 4. The first-order valence-corrected chi connectivity index (χ1v) is 7.01. The zero-order chi connectivity index (χ0) is 14.7. The van der Waals surface area contributed by atoms with Crippen LogP contribution in [-0.2, 0) is 6.54 Å². The van der Waals surface area contributed by atoms with Crippen LogP contribution >= 0.6 is 0 Å². The third-order valence-electron chi connectivity index (χ3n) is 3.93. The molecule has 20 heavy (non-hydrogen) atoms. The molecule has 0 radical (unpaired) electrons.